The van der Waals surface area contributed by atoms with E-state index in [1.165, 1.54) is 4.31 Å². The second kappa shape index (κ2) is 8.48. The molecule has 0 aromatic heterocycles. The fourth-order valence-electron chi connectivity index (χ4n) is 2.84. The number of hydrogen-bond donors (Lipinski definition) is 1. The molecule has 1 amide bonds. The number of nitrogens with one attached hydrogen (secondary N) is 1. The van der Waals surface area contributed by atoms with E-state index in [1.807, 2.05) is 31.2 Å². The summed E-state index contributed by atoms with van der Waals surface area (Å²) in [6.07, 6.45) is 1.44. The van der Waals surface area contributed by atoms with Crippen LogP contribution in [0.4, 0.5) is 0 Å². The van der Waals surface area contributed by atoms with E-state index in [1.54, 1.807) is 6.92 Å². The lowest BCUT2D eigenvalue weighted by Crippen LogP contribution is -2.45. The van der Waals surface area contributed by atoms with Crippen molar-refractivity contribution in [2.75, 3.05) is 25.4 Å². The molecule has 7 heteroatoms. The van der Waals surface area contributed by atoms with E-state index >= 15 is 0 Å². The zero-order valence-corrected chi connectivity index (χ0v) is 15.1. The van der Waals surface area contributed by atoms with Gasteiger partial charge in [-0.3, -0.25) is 4.79 Å². The average Bonchev–Trinajstić information content (AvgIpc) is 2.60. The topological polar surface area (TPSA) is 75.7 Å². The van der Waals surface area contributed by atoms with Gasteiger partial charge in [-0.25, -0.2) is 12.7 Å². The number of amides is 1. The summed E-state index contributed by atoms with van der Waals surface area (Å²) in [5.74, 6) is 0.482. The predicted molar refractivity (Wildman–Crippen MR) is 93.2 cm³/mol. The van der Waals surface area contributed by atoms with Crippen molar-refractivity contribution in [3.8, 4) is 5.75 Å². The maximum Gasteiger partial charge on any atom is 0.224 e. The molecule has 1 aromatic rings. The fourth-order valence-corrected chi connectivity index (χ4v) is 4.02. The average molecular weight is 354 g/mol. The molecule has 1 saturated heterocycles. The Morgan fingerprint density at radius 2 is 2.17 bits per heavy atom. The van der Waals surface area contributed by atoms with E-state index in [0.717, 1.165) is 24.2 Å². The number of hydrogen-bond acceptors (Lipinski definition) is 4. The van der Waals surface area contributed by atoms with E-state index in [0.29, 0.717) is 19.7 Å². The van der Waals surface area contributed by atoms with Crippen LogP contribution in [0.15, 0.2) is 24.3 Å². The predicted octanol–water partition coefficient (Wildman–Crippen LogP) is 1.76. The molecule has 0 radical (unpaired) electrons. The van der Waals surface area contributed by atoms with Crippen molar-refractivity contribution >= 4 is 15.9 Å². The lowest BCUT2D eigenvalue weighted by atomic mass is 9.99. The Morgan fingerprint density at radius 1 is 1.38 bits per heavy atom. The number of nitrogens with zero attached hydrogens (tertiary/aromatic N) is 1. The molecule has 1 aliphatic rings. The molecule has 24 heavy (non-hydrogen) atoms. The maximum absolute atomic E-state index is 12.4. The van der Waals surface area contributed by atoms with Crippen molar-refractivity contribution in [1.29, 1.82) is 0 Å². The van der Waals surface area contributed by atoms with E-state index in [2.05, 4.69) is 5.32 Å². The third kappa shape index (κ3) is 4.95. The Balaban J connectivity index is 1.91. The van der Waals surface area contributed by atoms with Gasteiger partial charge in [-0.05, 0) is 44.4 Å². The minimum Gasteiger partial charge on any atom is -0.494 e. The number of ether oxygens (including phenoxy) is 1. The number of rotatable bonds is 7. The summed E-state index contributed by atoms with van der Waals surface area (Å²) in [4.78, 5) is 12.4. The maximum atomic E-state index is 12.4. The van der Waals surface area contributed by atoms with Gasteiger partial charge in [0.2, 0.25) is 15.9 Å². The normalized spacial score (nSPS) is 19.0. The van der Waals surface area contributed by atoms with Gasteiger partial charge in [-0.1, -0.05) is 12.1 Å². The molecule has 0 unspecified atom stereocenters. The van der Waals surface area contributed by atoms with Crippen molar-refractivity contribution in [3.63, 3.8) is 0 Å². The molecular formula is C17H26N2O4S. The Bertz CT molecular complexity index is 660. The highest BCUT2D eigenvalue weighted by Gasteiger charge is 2.31. The molecule has 1 aromatic carbocycles. The van der Waals surface area contributed by atoms with Crippen LogP contribution in [-0.4, -0.2) is 44.1 Å². The number of sulfonamides is 1. The van der Waals surface area contributed by atoms with Crippen molar-refractivity contribution in [3.05, 3.63) is 29.8 Å². The van der Waals surface area contributed by atoms with Crippen LogP contribution in [0.3, 0.4) is 0 Å². The van der Waals surface area contributed by atoms with Crippen LogP contribution in [0.2, 0.25) is 0 Å². The van der Waals surface area contributed by atoms with E-state index in [-0.39, 0.29) is 24.1 Å². The lowest BCUT2D eigenvalue weighted by molar-refractivity contribution is -0.126. The molecule has 0 aliphatic carbocycles. The van der Waals surface area contributed by atoms with Gasteiger partial charge < -0.3 is 10.1 Å². The first kappa shape index (κ1) is 18.7. The minimum absolute atomic E-state index is 0.0750. The van der Waals surface area contributed by atoms with Gasteiger partial charge in [0, 0.05) is 19.6 Å². The second-order valence-corrected chi connectivity index (χ2v) is 8.15. The molecule has 0 saturated carbocycles. The molecule has 1 N–H and O–H groups in total. The van der Waals surface area contributed by atoms with E-state index in [9.17, 15) is 13.2 Å². The minimum atomic E-state index is -3.23. The SMILES string of the molecule is CCOc1cccc(CNC(=O)[C@@H]2CCCN(S(=O)(=O)CC)C2)c1. The van der Waals surface area contributed by atoms with Crippen LogP contribution in [0, 0.1) is 5.92 Å². The van der Waals surface area contributed by atoms with Crippen LogP contribution >= 0.6 is 0 Å². The first-order valence-electron chi connectivity index (χ1n) is 8.43. The van der Waals surface area contributed by atoms with Gasteiger partial charge in [0.25, 0.3) is 0 Å². The van der Waals surface area contributed by atoms with Gasteiger partial charge >= 0.3 is 0 Å². The number of benzene rings is 1. The zero-order valence-electron chi connectivity index (χ0n) is 14.3. The van der Waals surface area contributed by atoms with Crippen LogP contribution in [-0.2, 0) is 21.4 Å². The third-order valence-electron chi connectivity index (χ3n) is 4.19. The zero-order chi connectivity index (χ0) is 17.6. The fraction of sp³-hybridized carbons (Fsp3) is 0.588. The summed E-state index contributed by atoms with van der Waals surface area (Å²) in [6, 6.07) is 7.60. The molecule has 0 bridgehead atoms. The summed E-state index contributed by atoms with van der Waals surface area (Å²) in [5, 5.41) is 2.91. The van der Waals surface area contributed by atoms with Crippen LogP contribution in [0.1, 0.15) is 32.3 Å². The van der Waals surface area contributed by atoms with Crippen molar-refractivity contribution in [1.82, 2.24) is 9.62 Å². The Morgan fingerprint density at radius 3 is 2.88 bits per heavy atom. The molecule has 1 fully saturated rings. The molecule has 2 rings (SSSR count). The highest BCUT2D eigenvalue weighted by molar-refractivity contribution is 7.89. The Kier molecular flexibility index (Phi) is 6.62. The number of carbonyl (C=O) groups excluding carboxylic acids is 1. The molecular weight excluding hydrogens is 328 g/mol. The number of carbonyl (C=O) groups is 1. The molecule has 0 spiro atoms. The largest absolute Gasteiger partial charge is 0.494 e. The summed E-state index contributed by atoms with van der Waals surface area (Å²) < 4.78 is 30.9. The smallest absolute Gasteiger partial charge is 0.224 e. The van der Waals surface area contributed by atoms with Crippen molar-refractivity contribution < 1.29 is 17.9 Å². The summed E-state index contributed by atoms with van der Waals surface area (Å²) >= 11 is 0. The second-order valence-electron chi connectivity index (χ2n) is 5.90. The van der Waals surface area contributed by atoms with Crippen LogP contribution < -0.4 is 10.1 Å². The quantitative estimate of drug-likeness (QED) is 0.810. The van der Waals surface area contributed by atoms with E-state index in [4.69, 9.17) is 4.74 Å². The van der Waals surface area contributed by atoms with Crippen molar-refractivity contribution in [2.45, 2.75) is 33.2 Å². The molecule has 134 valence electrons. The van der Waals surface area contributed by atoms with Gasteiger partial charge in [-0.2, -0.15) is 0 Å². The standard InChI is InChI=1S/C17H26N2O4S/c1-3-23-16-9-5-7-14(11-16)12-18-17(20)15-8-6-10-19(13-15)24(21,22)4-2/h5,7,9,11,15H,3-4,6,8,10,12-13H2,1-2H3,(H,18,20)/t15-/m1/s1. The number of piperidine rings is 1. The highest BCUT2D eigenvalue weighted by Crippen LogP contribution is 2.20. The lowest BCUT2D eigenvalue weighted by Gasteiger charge is -2.30. The molecule has 1 aliphatic heterocycles. The Labute approximate surface area is 144 Å². The summed E-state index contributed by atoms with van der Waals surface area (Å²) in [6.45, 7) is 5.35. The first-order chi connectivity index (χ1) is 11.5. The first-order valence-corrected chi connectivity index (χ1v) is 10.0. The van der Waals surface area contributed by atoms with Gasteiger partial charge in [0.05, 0.1) is 18.3 Å². The summed E-state index contributed by atoms with van der Waals surface area (Å²) in [5.41, 5.74) is 0.961. The van der Waals surface area contributed by atoms with Gasteiger partial charge in [0.1, 0.15) is 5.75 Å². The monoisotopic (exact) mass is 354 g/mol. The molecule has 1 atom stereocenters. The van der Waals surface area contributed by atoms with E-state index < -0.39 is 10.0 Å². The Hall–Kier alpha value is -1.60. The van der Waals surface area contributed by atoms with Crippen molar-refractivity contribution in [2.24, 2.45) is 5.92 Å². The highest BCUT2D eigenvalue weighted by atomic mass is 32.2. The van der Waals surface area contributed by atoms with Crippen LogP contribution in [0.5, 0.6) is 5.75 Å². The third-order valence-corrected chi connectivity index (χ3v) is 6.04. The van der Waals surface area contributed by atoms with Gasteiger partial charge in [0.15, 0.2) is 0 Å². The van der Waals surface area contributed by atoms with Crippen LogP contribution in [0.25, 0.3) is 0 Å². The van der Waals surface area contributed by atoms with Gasteiger partial charge in [-0.15, -0.1) is 0 Å². The summed E-state index contributed by atoms with van der Waals surface area (Å²) in [7, 11) is -3.23. The molecule has 6 nitrogen and oxygen atoms in total. The molecule has 1 heterocycles.